The third-order valence-electron chi connectivity index (χ3n) is 3.76. The maximum atomic E-state index is 6.01. The van der Waals surface area contributed by atoms with Gasteiger partial charge in [-0.3, -0.25) is 0 Å². The van der Waals surface area contributed by atoms with Crippen LogP contribution in [-0.4, -0.2) is 16.1 Å². The van der Waals surface area contributed by atoms with Gasteiger partial charge in [0.2, 0.25) is 0 Å². The zero-order chi connectivity index (χ0) is 13.8. The van der Waals surface area contributed by atoms with Gasteiger partial charge in [0.1, 0.15) is 17.9 Å². The molecule has 2 N–H and O–H groups in total. The summed E-state index contributed by atoms with van der Waals surface area (Å²) in [6.07, 6.45) is 9.80. The molecule has 1 saturated carbocycles. The van der Waals surface area contributed by atoms with Crippen LogP contribution in [0.4, 0.5) is 5.82 Å². The van der Waals surface area contributed by atoms with Crippen LogP contribution in [0.5, 0.6) is 5.75 Å². The van der Waals surface area contributed by atoms with Gasteiger partial charge in [0.15, 0.2) is 0 Å². The number of hydrogen-bond donors (Lipinski definition) is 1. The van der Waals surface area contributed by atoms with Crippen molar-refractivity contribution in [3.63, 3.8) is 0 Å². The van der Waals surface area contributed by atoms with E-state index in [1.54, 1.807) is 6.20 Å². The van der Waals surface area contributed by atoms with Gasteiger partial charge in [-0.1, -0.05) is 18.6 Å². The minimum atomic E-state index is 0.375. The fourth-order valence-corrected chi connectivity index (χ4v) is 2.65. The van der Waals surface area contributed by atoms with Crippen LogP contribution in [-0.2, 0) is 0 Å². The lowest BCUT2D eigenvalue weighted by atomic mass is 9.98. The summed E-state index contributed by atoms with van der Waals surface area (Å²) in [6, 6.07) is 8.01. The van der Waals surface area contributed by atoms with E-state index in [1.165, 1.54) is 38.4 Å². The molecule has 3 rings (SSSR count). The molecule has 1 heterocycles. The Labute approximate surface area is 119 Å². The SMILES string of the molecule is Nc1ncncc1-c1ccc(OC2CCCCC2)cc1. The van der Waals surface area contributed by atoms with Crippen molar-refractivity contribution in [2.75, 3.05) is 5.73 Å². The van der Waals surface area contributed by atoms with Crippen molar-refractivity contribution in [2.24, 2.45) is 0 Å². The van der Waals surface area contributed by atoms with E-state index in [2.05, 4.69) is 9.97 Å². The number of rotatable bonds is 3. The Morgan fingerprint density at radius 2 is 1.80 bits per heavy atom. The molecule has 1 aliphatic carbocycles. The largest absolute Gasteiger partial charge is 0.490 e. The second-order valence-electron chi connectivity index (χ2n) is 5.22. The van der Waals surface area contributed by atoms with Crippen LogP contribution in [0.1, 0.15) is 32.1 Å². The highest BCUT2D eigenvalue weighted by Gasteiger charge is 2.14. The van der Waals surface area contributed by atoms with Crippen LogP contribution in [0.25, 0.3) is 11.1 Å². The van der Waals surface area contributed by atoms with Crippen LogP contribution in [0.15, 0.2) is 36.8 Å². The summed E-state index contributed by atoms with van der Waals surface area (Å²) in [6.45, 7) is 0. The van der Waals surface area contributed by atoms with Gasteiger partial charge in [0, 0.05) is 11.8 Å². The third kappa shape index (κ3) is 2.90. The van der Waals surface area contributed by atoms with Crippen LogP contribution in [0.3, 0.4) is 0 Å². The van der Waals surface area contributed by atoms with Gasteiger partial charge < -0.3 is 10.5 Å². The molecule has 1 aliphatic rings. The normalized spacial score (nSPS) is 16.0. The summed E-state index contributed by atoms with van der Waals surface area (Å²) < 4.78 is 6.01. The molecular weight excluding hydrogens is 250 g/mol. The number of nitrogens with two attached hydrogens (primary N) is 1. The first-order valence-corrected chi connectivity index (χ1v) is 7.15. The number of hydrogen-bond acceptors (Lipinski definition) is 4. The van der Waals surface area contributed by atoms with Crippen molar-refractivity contribution in [3.05, 3.63) is 36.8 Å². The lowest BCUT2D eigenvalue weighted by Crippen LogP contribution is -2.19. The molecule has 1 fully saturated rings. The number of nitrogen functional groups attached to an aromatic ring is 1. The Bertz CT molecular complexity index is 562. The Morgan fingerprint density at radius 1 is 1.05 bits per heavy atom. The maximum Gasteiger partial charge on any atom is 0.134 e. The lowest BCUT2D eigenvalue weighted by Gasteiger charge is -2.23. The van der Waals surface area contributed by atoms with Crippen LogP contribution >= 0.6 is 0 Å². The standard InChI is InChI=1S/C16H19N3O/c17-16-15(10-18-11-19-16)12-6-8-14(9-7-12)20-13-4-2-1-3-5-13/h6-11,13H,1-5H2,(H2,17,18,19). The summed E-state index contributed by atoms with van der Waals surface area (Å²) in [4.78, 5) is 8.02. The van der Waals surface area contributed by atoms with E-state index in [1.807, 2.05) is 24.3 Å². The van der Waals surface area contributed by atoms with Crippen molar-refractivity contribution in [2.45, 2.75) is 38.2 Å². The Balaban J connectivity index is 1.73. The van der Waals surface area contributed by atoms with Gasteiger partial charge in [-0.2, -0.15) is 0 Å². The van der Waals surface area contributed by atoms with Crippen molar-refractivity contribution < 1.29 is 4.74 Å². The molecule has 104 valence electrons. The van der Waals surface area contributed by atoms with Crippen LogP contribution in [0.2, 0.25) is 0 Å². The lowest BCUT2D eigenvalue weighted by molar-refractivity contribution is 0.155. The van der Waals surface area contributed by atoms with Gasteiger partial charge >= 0.3 is 0 Å². The zero-order valence-electron chi connectivity index (χ0n) is 11.5. The summed E-state index contributed by atoms with van der Waals surface area (Å²) in [5, 5.41) is 0. The number of ether oxygens (including phenoxy) is 1. The zero-order valence-corrected chi connectivity index (χ0v) is 11.5. The topological polar surface area (TPSA) is 61.0 Å². The molecule has 4 heteroatoms. The van der Waals surface area contributed by atoms with Gasteiger partial charge in [0.25, 0.3) is 0 Å². The average molecular weight is 269 g/mol. The molecule has 20 heavy (non-hydrogen) atoms. The highest BCUT2D eigenvalue weighted by atomic mass is 16.5. The molecule has 0 saturated heterocycles. The van der Waals surface area contributed by atoms with E-state index in [4.69, 9.17) is 10.5 Å². The molecule has 0 amide bonds. The van der Waals surface area contributed by atoms with Gasteiger partial charge in [-0.15, -0.1) is 0 Å². The molecule has 0 radical (unpaired) electrons. The Kier molecular flexibility index (Phi) is 3.81. The van der Waals surface area contributed by atoms with Crippen molar-refractivity contribution in [1.29, 1.82) is 0 Å². The molecule has 1 aromatic heterocycles. The van der Waals surface area contributed by atoms with E-state index in [0.717, 1.165) is 16.9 Å². The fraction of sp³-hybridized carbons (Fsp3) is 0.375. The average Bonchev–Trinajstić information content (AvgIpc) is 2.50. The van der Waals surface area contributed by atoms with Gasteiger partial charge in [-0.25, -0.2) is 9.97 Å². The molecule has 0 spiro atoms. The van der Waals surface area contributed by atoms with E-state index >= 15 is 0 Å². The molecule has 0 aliphatic heterocycles. The highest BCUT2D eigenvalue weighted by molar-refractivity contribution is 5.72. The van der Waals surface area contributed by atoms with E-state index < -0.39 is 0 Å². The fourth-order valence-electron chi connectivity index (χ4n) is 2.65. The van der Waals surface area contributed by atoms with Gasteiger partial charge in [-0.05, 0) is 43.4 Å². The minimum Gasteiger partial charge on any atom is -0.490 e. The quantitative estimate of drug-likeness (QED) is 0.927. The molecule has 2 aromatic rings. The summed E-state index contributed by atoms with van der Waals surface area (Å²) in [5.74, 6) is 1.43. The predicted octanol–water partition coefficient (Wildman–Crippen LogP) is 3.44. The number of aromatic nitrogens is 2. The summed E-state index contributed by atoms with van der Waals surface area (Å²) in [7, 11) is 0. The molecule has 4 nitrogen and oxygen atoms in total. The highest BCUT2D eigenvalue weighted by Crippen LogP contribution is 2.27. The minimum absolute atomic E-state index is 0.375. The first-order valence-electron chi connectivity index (χ1n) is 7.15. The Morgan fingerprint density at radius 3 is 2.50 bits per heavy atom. The first-order chi connectivity index (χ1) is 9.83. The monoisotopic (exact) mass is 269 g/mol. The number of benzene rings is 1. The van der Waals surface area contributed by atoms with Crippen molar-refractivity contribution >= 4 is 5.82 Å². The van der Waals surface area contributed by atoms with Crippen molar-refractivity contribution in [3.8, 4) is 16.9 Å². The number of nitrogens with zero attached hydrogens (tertiary/aromatic N) is 2. The summed E-state index contributed by atoms with van der Waals surface area (Å²) in [5.41, 5.74) is 7.73. The van der Waals surface area contributed by atoms with E-state index in [-0.39, 0.29) is 0 Å². The molecule has 0 bridgehead atoms. The van der Waals surface area contributed by atoms with E-state index in [0.29, 0.717) is 11.9 Å². The van der Waals surface area contributed by atoms with E-state index in [9.17, 15) is 0 Å². The summed E-state index contributed by atoms with van der Waals surface area (Å²) >= 11 is 0. The third-order valence-corrected chi connectivity index (χ3v) is 3.76. The first kappa shape index (κ1) is 12.9. The second-order valence-corrected chi connectivity index (χ2v) is 5.22. The second kappa shape index (κ2) is 5.90. The number of anilines is 1. The van der Waals surface area contributed by atoms with Crippen LogP contribution < -0.4 is 10.5 Å². The van der Waals surface area contributed by atoms with Crippen molar-refractivity contribution in [1.82, 2.24) is 9.97 Å². The van der Waals surface area contributed by atoms with Gasteiger partial charge in [0.05, 0.1) is 6.10 Å². The smallest absolute Gasteiger partial charge is 0.134 e. The van der Waals surface area contributed by atoms with Crippen LogP contribution in [0, 0.1) is 0 Å². The predicted molar refractivity (Wildman–Crippen MR) is 79.4 cm³/mol. The molecule has 0 atom stereocenters. The molecular formula is C16H19N3O. The molecule has 0 unspecified atom stereocenters. The maximum absolute atomic E-state index is 6.01. The molecule has 1 aromatic carbocycles. The Hall–Kier alpha value is -2.10.